The highest BCUT2D eigenvalue weighted by Crippen LogP contribution is 2.32. The van der Waals surface area contributed by atoms with Gasteiger partial charge in [0.05, 0.1) is 5.56 Å². The molecule has 0 aromatic heterocycles. The molecule has 0 bridgehead atoms. The molecule has 2 rings (SSSR count). The van der Waals surface area contributed by atoms with Gasteiger partial charge in [-0.1, -0.05) is 12.7 Å². The van der Waals surface area contributed by atoms with E-state index in [-0.39, 0.29) is 23.1 Å². The Morgan fingerprint density at radius 2 is 2.05 bits per heavy atom. The molecule has 1 aliphatic rings. The summed E-state index contributed by atoms with van der Waals surface area (Å²) in [5, 5.41) is 0. The molecule has 1 fully saturated rings. The zero-order valence-corrected chi connectivity index (χ0v) is 10.5. The van der Waals surface area contributed by atoms with Crippen molar-refractivity contribution >= 4 is 12.0 Å². The van der Waals surface area contributed by atoms with Crippen LogP contribution in [-0.2, 0) is 6.18 Å². The van der Waals surface area contributed by atoms with Crippen LogP contribution in [0.1, 0.15) is 34.3 Å². The van der Waals surface area contributed by atoms with Crippen LogP contribution >= 0.6 is 0 Å². The first-order chi connectivity index (χ1) is 8.84. The van der Waals surface area contributed by atoms with Gasteiger partial charge in [-0.3, -0.25) is 4.79 Å². The highest BCUT2D eigenvalue weighted by Gasteiger charge is 2.33. The fraction of sp³-hybridized carbons (Fsp3) is 0.357. The first kappa shape index (κ1) is 13.6. The van der Waals surface area contributed by atoms with Crippen molar-refractivity contribution in [2.24, 2.45) is 0 Å². The second-order valence-corrected chi connectivity index (χ2v) is 4.65. The molecule has 1 aromatic rings. The van der Waals surface area contributed by atoms with Crippen molar-refractivity contribution in [2.75, 3.05) is 7.05 Å². The second-order valence-electron chi connectivity index (χ2n) is 4.65. The number of hydrogen-bond acceptors (Lipinski definition) is 1. The van der Waals surface area contributed by atoms with E-state index in [2.05, 4.69) is 6.58 Å². The fourth-order valence-electron chi connectivity index (χ4n) is 1.92. The largest absolute Gasteiger partial charge is 0.416 e. The number of rotatable bonds is 3. The average Bonchev–Trinajstić information content (AvgIpc) is 3.19. The number of carbonyl (C=O) groups is 1. The Morgan fingerprint density at radius 1 is 1.42 bits per heavy atom. The van der Waals surface area contributed by atoms with Gasteiger partial charge in [0, 0.05) is 18.7 Å². The molecule has 2 nitrogen and oxygen atoms in total. The minimum atomic E-state index is -4.41. The summed E-state index contributed by atoms with van der Waals surface area (Å²) in [5.41, 5.74) is -0.294. The minimum Gasteiger partial charge on any atom is -0.339 e. The number of amides is 1. The molecule has 102 valence electrons. The third-order valence-corrected chi connectivity index (χ3v) is 3.24. The lowest BCUT2D eigenvalue weighted by Crippen LogP contribution is -2.29. The maximum atomic E-state index is 12.6. The Labute approximate surface area is 109 Å². The molecular formula is C14H14F3NO. The van der Waals surface area contributed by atoms with Gasteiger partial charge in [0.25, 0.3) is 5.91 Å². The summed E-state index contributed by atoms with van der Waals surface area (Å²) in [6.45, 7) is 3.48. The molecule has 0 radical (unpaired) electrons. The van der Waals surface area contributed by atoms with Crippen LogP contribution in [0.2, 0.25) is 0 Å². The van der Waals surface area contributed by atoms with Crippen molar-refractivity contribution in [1.29, 1.82) is 0 Å². The van der Waals surface area contributed by atoms with E-state index >= 15 is 0 Å². The molecule has 5 heteroatoms. The minimum absolute atomic E-state index is 0.215. The second kappa shape index (κ2) is 4.72. The number of carbonyl (C=O) groups excluding carboxylic acids is 1. The Kier molecular flexibility index (Phi) is 3.39. The van der Waals surface area contributed by atoms with Crippen LogP contribution in [-0.4, -0.2) is 23.9 Å². The molecule has 0 N–H and O–H groups in total. The lowest BCUT2D eigenvalue weighted by molar-refractivity contribution is -0.137. The molecule has 0 saturated heterocycles. The predicted molar refractivity (Wildman–Crippen MR) is 66.7 cm³/mol. The lowest BCUT2D eigenvalue weighted by atomic mass is 10.0. The summed E-state index contributed by atoms with van der Waals surface area (Å²) in [4.78, 5) is 13.7. The maximum absolute atomic E-state index is 12.6. The van der Waals surface area contributed by atoms with Gasteiger partial charge in [0.2, 0.25) is 0 Å². The van der Waals surface area contributed by atoms with Crippen LogP contribution in [0, 0.1) is 0 Å². The third-order valence-electron chi connectivity index (χ3n) is 3.24. The molecule has 19 heavy (non-hydrogen) atoms. The lowest BCUT2D eigenvalue weighted by Gasteiger charge is -2.18. The first-order valence-corrected chi connectivity index (χ1v) is 5.95. The molecule has 1 saturated carbocycles. The summed E-state index contributed by atoms with van der Waals surface area (Å²) >= 11 is 0. The molecule has 1 amide bonds. The zero-order chi connectivity index (χ0) is 14.2. The van der Waals surface area contributed by atoms with Crippen LogP contribution in [0.5, 0.6) is 0 Å². The Balaban J connectivity index is 2.35. The normalized spacial score (nSPS) is 15.2. The van der Waals surface area contributed by atoms with Crippen molar-refractivity contribution in [3.05, 3.63) is 41.5 Å². The van der Waals surface area contributed by atoms with E-state index < -0.39 is 11.7 Å². The van der Waals surface area contributed by atoms with Gasteiger partial charge in [0.15, 0.2) is 0 Å². The molecule has 0 unspecified atom stereocenters. The number of halogens is 3. The van der Waals surface area contributed by atoms with E-state index in [0.29, 0.717) is 0 Å². The predicted octanol–water partition coefficient (Wildman–Crippen LogP) is 3.58. The number of benzene rings is 1. The fourth-order valence-corrected chi connectivity index (χ4v) is 1.92. The smallest absolute Gasteiger partial charge is 0.339 e. The van der Waals surface area contributed by atoms with E-state index in [9.17, 15) is 18.0 Å². The monoisotopic (exact) mass is 269 g/mol. The van der Waals surface area contributed by atoms with Crippen LogP contribution in [0.3, 0.4) is 0 Å². The highest BCUT2D eigenvalue weighted by atomic mass is 19.4. The Bertz CT molecular complexity index is 518. The summed E-state index contributed by atoms with van der Waals surface area (Å²) in [7, 11) is 1.67. The number of alkyl halides is 3. The molecule has 0 atom stereocenters. The molecule has 1 aromatic carbocycles. The van der Waals surface area contributed by atoms with Gasteiger partial charge in [-0.05, 0) is 36.6 Å². The van der Waals surface area contributed by atoms with E-state index in [4.69, 9.17) is 0 Å². The SMILES string of the molecule is C=Cc1cc(C(F)(F)F)ccc1C(=O)N(C)C1CC1. The Morgan fingerprint density at radius 3 is 2.53 bits per heavy atom. The van der Waals surface area contributed by atoms with Crippen LogP contribution < -0.4 is 0 Å². The summed E-state index contributed by atoms with van der Waals surface area (Å²) in [5.74, 6) is -0.258. The first-order valence-electron chi connectivity index (χ1n) is 5.95. The van der Waals surface area contributed by atoms with Gasteiger partial charge < -0.3 is 4.90 Å². The molecule has 1 aliphatic carbocycles. The van der Waals surface area contributed by atoms with Gasteiger partial charge in [-0.2, -0.15) is 13.2 Å². The maximum Gasteiger partial charge on any atom is 0.416 e. The van der Waals surface area contributed by atoms with Crippen molar-refractivity contribution < 1.29 is 18.0 Å². The van der Waals surface area contributed by atoms with Gasteiger partial charge in [0.1, 0.15) is 0 Å². The van der Waals surface area contributed by atoms with Gasteiger partial charge in [-0.25, -0.2) is 0 Å². The molecule has 0 aliphatic heterocycles. The van der Waals surface area contributed by atoms with Gasteiger partial charge >= 0.3 is 6.18 Å². The summed E-state index contributed by atoms with van der Waals surface area (Å²) < 4.78 is 37.8. The van der Waals surface area contributed by atoms with E-state index in [1.54, 1.807) is 11.9 Å². The van der Waals surface area contributed by atoms with Crippen LogP contribution in [0.4, 0.5) is 13.2 Å². The average molecular weight is 269 g/mol. The summed E-state index contributed by atoms with van der Waals surface area (Å²) in [6.07, 6.45) is -1.23. The van der Waals surface area contributed by atoms with Gasteiger partial charge in [-0.15, -0.1) is 0 Å². The van der Waals surface area contributed by atoms with Crippen molar-refractivity contribution in [2.45, 2.75) is 25.1 Å². The van der Waals surface area contributed by atoms with Crippen LogP contribution in [0.15, 0.2) is 24.8 Å². The molecule has 0 spiro atoms. The number of nitrogens with zero attached hydrogens (tertiary/aromatic N) is 1. The van der Waals surface area contributed by atoms with Crippen molar-refractivity contribution in [3.63, 3.8) is 0 Å². The van der Waals surface area contributed by atoms with Crippen LogP contribution in [0.25, 0.3) is 6.08 Å². The Hall–Kier alpha value is -1.78. The van der Waals surface area contributed by atoms with E-state index in [1.807, 2.05) is 0 Å². The van der Waals surface area contributed by atoms with Crippen molar-refractivity contribution in [1.82, 2.24) is 4.90 Å². The van der Waals surface area contributed by atoms with E-state index in [1.165, 1.54) is 12.1 Å². The molecule has 0 heterocycles. The number of hydrogen-bond donors (Lipinski definition) is 0. The molecular weight excluding hydrogens is 255 g/mol. The quantitative estimate of drug-likeness (QED) is 0.821. The standard InChI is InChI=1S/C14H14F3NO/c1-3-9-8-10(14(15,16)17)4-7-12(9)13(19)18(2)11-5-6-11/h3-4,7-8,11H,1,5-6H2,2H3. The van der Waals surface area contributed by atoms with E-state index in [0.717, 1.165) is 25.0 Å². The van der Waals surface area contributed by atoms with Crippen molar-refractivity contribution in [3.8, 4) is 0 Å². The third kappa shape index (κ3) is 2.80. The summed E-state index contributed by atoms with van der Waals surface area (Å²) in [6, 6.07) is 3.33. The zero-order valence-electron chi connectivity index (χ0n) is 10.5. The highest BCUT2D eigenvalue weighted by molar-refractivity contribution is 5.98. The topological polar surface area (TPSA) is 20.3 Å².